The lowest BCUT2D eigenvalue weighted by atomic mass is 10.1. The first kappa shape index (κ1) is 21.4. The number of hydrogen-bond donors (Lipinski definition) is 0. The number of hydrogen-bond acceptors (Lipinski definition) is 4. The minimum atomic E-state index is -0.172. The molecule has 1 heterocycles. The van der Waals surface area contributed by atoms with E-state index >= 15 is 0 Å². The first-order chi connectivity index (χ1) is 14.4. The van der Waals surface area contributed by atoms with Gasteiger partial charge in [-0.1, -0.05) is 34.8 Å². The van der Waals surface area contributed by atoms with E-state index in [0.29, 0.717) is 38.9 Å². The summed E-state index contributed by atoms with van der Waals surface area (Å²) in [6, 6.07) is 12.5. The highest BCUT2D eigenvalue weighted by Crippen LogP contribution is 2.34. The molecule has 3 aromatic rings. The lowest BCUT2D eigenvalue weighted by molar-refractivity contribution is 0.0985. The van der Waals surface area contributed by atoms with E-state index in [0.717, 1.165) is 17.4 Å². The van der Waals surface area contributed by atoms with Crippen LogP contribution < -0.4 is 9.80 Å². The second-order valence-electron chi connectivity index (χ2n) is 7.16. The standard InChI is InChI=1S/C22H20Cl3N3OS/c1-2-27(19-7-8-19)22-26-18(13-30-22)12-28(20-10-16(24)9-17(25)11-20)21(29)14-3-5-15(23)6-4-14/h3-6,9-11,13,19H,2,7-8,12H2,1H3. The molecule has 1 amide bonds. The van der Waals surface area contributed by atoms with E-state index in [1.165, 1.54) is 12.8 Å². The molecule has 0 saturated heterocycles. The highest BCUT2D eigenvalue weighted by Gasteiger charge is 2.30. The Morgan fingerprint density at radius 2 is 1.73 bits per heavy atom. The van der Waals surface area contributed by atoms with Crippen molar-refractivity contribution in [1.29, 1.82) is 0 Å². The molecule has 1 aliphatic rings. The summed E-state index contributed by atoms with van der Waals surface area (Å²) in [6.07, 6.45) is 2.43. The van der Waals surface area contributed by atoms with Gasteiger partial charge in [0.05, 0.1) is 12.2 Å². The Bertz CT molecular complexity index is 1030. The van der Waals surface area contributed by atoms with Crippen LogP contribution in [0.15, 0.2) is 47.8 Å². The molecule has 4 rings (SSSR count). The van der Waals surface area contributed by atoms with E-state index in [1.807, 2.05) is 5.38 Å². The highest BCUT2D eigenvalue weighted by molar-refractivity contribution is 7.13. The van der Waals surface area contributed by atoms with E-state index in [2.05, 4.69) is 11.8 Å². The predicted molar refractivity (Wildman–Crippen MR) is 127 cm³/mol. The molecule has 1 fully saturated rings. The summed E-state index contributed by atoms with van der Waals surface area (Å²) in [5.41, 5.74) is 1.98. The third-order valence-electron chi connectivity index (χ3n) is 4.93. The second-order valence-corrected chi connectivity index (χ2v) is 9.31. The number of halogens is 3. The number of carbonyl (C=O) groups excluding carboxylic acids is 1. The zero-order chi connectivity index (χ0) is 21.3. The Kier molecular flexibility index (Phi) is 6.54. The lowest BCUT2D eigenvalue weighted by Gasteiger charge is -2.23. The monoisotopic (exact) mass is 479 g/mol. The van der Waals surface area contributed by atoms with Crippen molar-refractivity contribution in [1.82, 2.24) is 4.98 Å². The SMILES string of the molecule is CCN(c1nc(CN(C(=O)c2ccc(Cl)cc2)c2cc(Cl)cc(Cl)c2)cs1)C1CC1. The van der Waals surface area contributed by atoms with Gasteiger partial charge < -0.3 is 9.80 Å². The minimum absolute atomic E-state index is 0.172. The number of benzene rings is 2. The van der Waals surface area contributed by atoms with Gasteiger partial charge in [-0.05, 0) is 62.2 Å². The Balaban J connectivity index is 1.66. The largest absolute Gasteiger partial charge is 0.345 e. The van der Waals surface area contributed by atoms with Crippen LogP contribution in [0, 0.1) is 0 Å². The Hall–Kier alpha value is -1.79. The first-order valence-corrected chi connectivity index (χ1v) is 11.7. The van der Waals surface area contributed by atoms with Crippen molar-refractivity contribution in [3.05, 3.63) is 74.2 Å². The predicted octanol–water partition coefficient (Wildman–Crippen LogP) is 6.94. The van der Waals surface area contributed by atoms with Crippen LogP contribution in [0.5, 0.6) is 0 Å². The fraction of sp³-hybridized carbons (Fsp3) is 0.273. The third-order valence-corrected chi connectivity index (χ3v) is 6.54. The fourth-order valence-corrected chi connectivity index (χ4v) is 4.92. The lowest BCUT2D eigenvalue weighted by Crippen LogP contribution is -2.31. The first-order valence-electron chi connectivity index (χ1n) is 9.69. The van der Waals surface area contributed by atoms with Crippen molar-refractivity contribution in [3.8, 4) is 0 Å². The molecule has 0 spiro atoms. The van der Waals surface area contributed by atoms with Gasteiger partial charge in [0.15, 0.2) is 5.13 Å². The van der Waals surface area contributed by atoms with Crippen LogP contribution in [0.3, 0.4) is 0 Å². The smallest absolute Gasteiger partial charge is 0.258 e. The Labute approximate surface area is 195 Å². The summed E-state index contributed by atoms with van der Waals surface area (Å²) >= 11 is 20.0. The van der Waals surface area contributed by atoms with Gasteiger partial charge in [0, 0.05) is 44.3 Å². The van der Waals surface area contributed by atoms with E-state index in [9.17, 15) is 4.79 Å². The van der Waals surface area contributed by atoms with Crippen LogP contribution in [0.25, 0.3) is 0 Å². The number of anilines is 2. The number of thiazole rings is 1. The number of amides is 1. The van der Waals surface area contributed by atoms with Gasteiger partial charge in [0.2, 0.25) is 0 Å². The molecular formula is C22H20Cl3N3OS. The molecule has 4 nitrogen and oxygen atoms in total. The van der Waals surface area contributed by atoms with E-state index in [4.69, 9.17) is 39.8 Å². The second kappa shape index (κ2) is 9.15. The molecule has 0 unspecified atom stereocenters. The molecule has 0 bridgehead atoms. The molecule has 1 aromatic heterocycles. The van der Waals surface area contributed by atoms with Gasteiger partial charge in [-0.15, -0.1) is 11.3 Å². The zero-order valence-electron chi connectivity index (χ0n) is 16.3. The van der Waals surface area contributed by atoms with Crippen molar-refractivity contribution in [3.63, 3.8) is 0 Å². The van der Waals surface area contributed by atoms with Crippen LogP contribution in [0.1, 0.15) is 35.8 Å². The number of rotatable bonds is 7. The van der Waals surface area contributed by atoms with Gasteiger partial charge in [-0.25, -0.2) is 4.98 Å². The van der Waals surface area contributed by atoms with Gasteiger partial charge in [0.1, 0.15) is 0 Å². The third kappa shape index (κ3) is 4.92. The van der Waals surface area contributed by atoms with Gasteiger partial charge >= 0.3 is 0 Å². The molecule has 0 radical (unpaired) electrons. The molecular weight excluding hydrogens is 461 g/mol. The number of carbonyl (C=O) groups is 1. The summed E-state index contributed by atoms with van der Waals surface area (Å²) in [5, 5.41) is 4.52. The molecule has 0 atom stereocenters. The van der Waals surface area contributed by atoms with Crippen molar-refractivity contribution in [2.75, 3.05) is 16.3 Å². The summed E-state index contributed by atoms with van der Waals surface area (Å²) in [5.74, 6) is -0.172. The summed E-state index contributed by atoms with van der Waals surface area (Å²) < 4.78 is 0. The minimum Gasteiger partial charge on any atom is -0.345 e. The maximum atomic E-state index is 13.4. The number of aromatic nitrogens is 1. The normalized spacial score (nSPS) is 13.3. The van der Waals surface area contributed by atoms with E-state index in [1.54, 1.807) is 58.7 Å². The highest BCUT2D eigenvalue weighted by atomic mass is 35.5. The van der Waals surface area contributed by atoms with Gasteiger partial charge in [0.25, 0.3) is 5.91 Å². The van der Waals surface area contributed by atoms with Gasteiger partial charge in [-0.3, -0.25) is 4.79 Å². The summed E-state index contributed by atoms with van der Waals surface area (Å²) in [4.78, 5) is 22.1. The van der Waals surface area contributed by atoms with Crippen molar-refractivity contribution < 1.29 is 4.79 Å². The molecule has 0 N–H and O–H groups in total. The van der Waals surface area contributed by atoms with Crippen molar-refractivity contribution >= 4 is 62.9 Å². The Morgan fingerprint density at radius 1 is 1.07 bits per heavy atom. The number of nitrogens with zero attached hydrogens (tertiary/aromatic N) is 3. The van der Waals surface area contributed by atoms with E-state index < -0.39 is 0 Å². The maximum absolute atomic E-state index is 13.4. The zero-order valence-corrected chi connectivity index (χ0v) is 19.4. The molecule has 30 heavy (non-hydrogen) atoms. The average molecular weight is 481 g/mol. The van der Waals surface area contributed by atoms with Crippen LogP contribution in [-0.4, -0.2) is 23.5 Å². The summed E-state index contributed by atoms with van der Waals surface area (Å²) in [7, 11) is 0. The molecule has 1 aliphatic carbocycles. The summed E-state index contributed by atoms with van der Waals surface area (Å²) in [6.45, 7) is 3.38. The molecule has 0 aliphatic heterocycles. The Morgan fingerprint density at radius 3 is 2.33 bits per heavy atom. The van der Waals surface area contributed by atoms with Crippen LogP contribution in [0.2, 0.25) is 15.1 Å². The van der Waals surface area contributed by atoms with Crippen molar-refractivity contribution in [2.24, 2.45) is 0 Å². The van der Waals surface area contributed by atoms with Crippen molar-refractivity contribution in [2.45, 2.75) is 32.4 Å². The maximum Gasteiger partial charge on any atom is 0.258 e. The molecule has 2 aromatic carbocycles. The molecule has 1 saturated carbocycles. The van der Waals surface area contributed by atoms with Gasteiger partial charge in [-0.2, -0.15) is 0 Å². The average Bonchev–Trinajstić information content (AvgIpc) is 3.44. The fourth-order valence-electron chi connectivity index (χ4n) is 3.32. The van der Waals surface area contributed by atoms with E-state index in [-0.39, 0.29) is 5.91 Å². The van der Waals surface area contributed by atoms with Crippen LogP contribution in [0.4, 0.5) is 10.8 Å². The quantitative estimate of drug-likeness (QED) is 0.367. The molecule has 156 valence electrons. The topological polar surface area (TPSA) is 36.4 Å². The molecule has 8 heteroatoms. The van der Waals surface area contributed by atoms with Crippen LogP contribution >= 0.6 is 46.1 Å². The van der Waals surface area contributed by atoms with Crippen LogP contribution in [-0.2, 0) is 6.54 Å².